The Morgan fingerprint density at radius 2 is 2.19 bits per heavy atom. The average molecular weight is 439 g/mol. The Bertz CT molecular complexity index is 1030. The van der Waals surface area contributed by atoms with Crippen LogP contribution in [-0.4, -0.2) is 21.8 Å². The second kappa shape index (κ2) is 7.73. The third-order valence-corrected chi connectivity index (χ3v) is 8.99. The first-order chi connectivity index (χ1) is 14.8. The van der Waals surface area contributed by atoms with E-state index in [-0.39, 0.29) is 17.2 Å². The Balaban J connectivity index is 1.33. The summed E-state index contributed by atoms with van der Waals surface area (Å²) in [5.74, 6) is 2.29. The molecular formula is C25H30N2O3S. The van der Waals surface area contributed by atoms with Crippen molar-refractivity contribution in [2.24, 2.45) is 23.2 Å². The number of aromatic nitrogens is 1. The highest BCUT2D eigenvalue weighted by molar-refractivity contribution is 7.15. The molecule has 1 amide bonds. The number of ketones is 1. The molecule has 0 bridgehead atoms. The Morgan fingerprint density at radius 1 is 1.35 bits per heavy atom. The van der Waals surface area contributed by atoms with Gasteiger partial charge in [-0.3, -0.25) is 9.59 Å². The number of carbonyl (C=O) groups is 2. The van der Waals surface area contributed by atoms with Gasteiger partial charge in [-0.05, 0) is 86.0 Å². The van der Waals surface area contributed by atoms with Gasteiger partial charge in [-0.2, -0.15) is 0 Å². The predicted molar refractivity (Wildman–Crippen MR) is 121 cm³/mol. The van der Waals surface area contributed by atoms with Crippen molar-refractivity contribution in [1.29, 1.82) is 0 Å². The zero-order valence-electron chi connectivity index (χ0n) is 18.2. The molecule has 4 unspecified atom stereocenters. The number of benzene rings is 1. The molecule has 1 aromatic carbocycles. The molecule has 164 valence electrons. The Labute approximate surface area is 187 Å². The summed E-state index contributed by atoms with van der Waals surface area (Å²) in [6, 6.07) is 5.82. The first-order valence-electron chi connectivity index (χ1n) is 11.4. The lowest BCUT2D eigenvalue weighted by Gasteiger charge is -2.50. The third-order valence-electron chi connectivity index (χ3n) is 8.16. The van der Waals surface area contributed by atoms with Crippen LogP contribution in [0.15, 0.2) is 24.4 Å². The molecule has 6 heteroatoms. The summed E-state index contributed by atoms with van der Waals surface area (Å²) in [6.45, 7) is 4.16. The topological polar surface area (TPSA) is 79.3 Å². The first-order valence-corrected chi connectivity index (χ1v) is 12.2. The van der Waals surface area contributed by atoms with Gasteiger partial charge in [0, 0.05) is 29.3 Å². The van der Waals surface area contributed by atoms with E-state index in [9.17, 15) is 14.7 Å². The number of aromatic hydroxyl groups is 1. The Morgan fingerprint density at radius 3 is 2.97 bits per heavy atom. The fourth-order valence-electron chi connectivity index (χ4n) is 6.80. The molecule has 2 aromatic rings. The maximum absolute atomic E-state index is 13.1. The van der Waals surface area contributed by atoms with E-state index >= 15 is 0 Å². The van der Waals surface area contributed by atoms with Gasteiger partial charge in [-0.15, -0.1) is 11.3 Å². The number of nitrogens with zero attached hydrogens (tertiary/aromatic N) is 1. The summed E-state index contributed by atoms with van der Waals surface area (Å²) >= 11 is 1.49. The van der Waals surface area contributed by atoms with E-state index in [4.69, 9.17) is 0 Å². The number of rotatable bonds is 4. The van der Waals surface area contributed by atoms with E-state index in [1.165, 1.54) is 22.5 Å². The van der Waals surface area contributed by atoms with Gasteiger partial charge in [0.2, 0.25) is 5.91 Å². The van der Waals surface area contributed by atoms with E-state index in [2.05, 4.69) is 23.3 Å². The summed E-state index contributed by atoms with van der Waals surface area (Å²) in [6.07, 6.45) is 7.56. The highest BCUT2D eigenvalue weighted by atomic mass is 32.1. The van der Waals surface area contributed by atoms with Crippen molar-refractivity contribution in [2.75, 3.05) is 5.32 Å². The van der Waals surface area contributed by atoms with Crippen LogP contribution in [0.2, 0.25) is 0 Å². The monoisotopic (exact) mass is 438 g/mol. The molecule has 0 radical (unpaired) electrons. The fourth-order valence-corrected chi connectivity index (χ4v) is 7.48. The van der Waals surface area contributed by atoms with Crippen molar-refractivity contribution >= 4 is 28.2 Å². The Kier molecular flexibility index (Phi) is 5.16. The van der Waals surface area contributed by atoms with Crippen LogP contribution < -0.4 is 5.32 Å². The minimum atomic E-state index is -0.247. The van der Waals surface area contributed by atoms with Crippen LogP contribution in [-0.2, 0) is 16.0 Å². The zero-order valence-corrected chi connectivity index (χ0v) is 19.0. The zero-order chi connectivity index (χ0) is 21.8. The molecule has 5 rings (SSSR count). The number of phenols is 1. The molecule has 0 spiro atoms. The van der Waals surface area contributed by atoms with Crippen molar-refractivity contribution in [3.05, 3.63) is 40.4 Å². The molecule has 2 N–H and O–H groups in total. The first kappa shape index (κ1) is 20.7. The van der Waals surface area contributed by atoms with Crippen molar-refractivity contribution in [3.63, 3.8) is 0 Å². The summed E-state index contributed by atoms with van der Waals surface area (Å²) in [5.41, 5.74) is 2.39. The van der Waals surface area contributed by atoms with Gasteiger partial charge in [-0.25, -0.2) is 4.98 Å². The van der Waals surface area contributed by atoms with E-state index in [0.717, 1.165) is 37.0 Å². The number of carbonyl (C=O) groups excluding carboxylic acids is 2. The van der Waals surface area contributed by atoms with Gasteiger partial charge >= 0.3 is 0 Å². The number of aryl methyl sites for hydroxylation is 2. The molecular weight excluding hydrogens is 408 g/mol. The largest absolute Gasteiger partial charge is 0.508 e. The maximum atomic E-state index is 13.1. The number of phenolic OH excluding ortho intramolecular Hbond substituents is 1. The van der Waals surface area contributed by atoms with Crippen LogP contribution in [0.3, 0.4) is 0 Å². The molecule has 3 aliphatic carbocycles. The van der Waals surface area contributed by atoms with Crippen molar-refractivity contribution in [1.82, 2.24) is 4.98 Å². The van der Waals surface area contributed by atoms with Gasteiger partial charge in [-0.1, -0.05) is 13.0 Å². The number of thiazole rings is 1. The van der Waals surface area contributed by atoms with Gasteiger partial charge < -0.3 is 10.4 Å². The molecule has 0 saturated heterocycles. The van der Waals surface area contributed by atoms with Gasteiger partial charge in [0.15, 0.2) is 5.13 Å². The second-order valence-electron chi connectivity index (χ2n) is 9.92. The predicted octanol–water partition coefficient (Wildman–Crippen LogP) is 5.23. The molecule has 1 aromatic heterocycles. The summed E-state index contributed by atoms with van der Waals surface area (Å²) in [5, 5.41) is 13.5. The molecule has 5 nitrogen and oxygen atoms in total. The van der Waals surface area contributed by atoms with E-state index in [1.54, 1.807) is 12.3 Å². The molecule has 2 saturated carbocycles. The average Bonchev–Trinajstić information content (AvgIpc) is 3.25. The number of Topliss-reactive ketones (excluding diaryl/α,β-unsaturated/α-hetero) is 1. The number of amides is 1. The normalized spacial score (nSPS) is 31.6. The van der Waals surface area contributed by atoms with Gasteiger partial charge in [0.1, 0.15) is 11.5 Å². The SMILES string of the molecule is Cc1cnc(NC(=O)CCC2CC(=O)[C@@]3(C)CCC4c5ccc(O)cc5CCC4C23)s1. The standard InChI is InChI=1S/C25H30N2O3S/c1-14-13-26-24(31-14)27-22(30)8-4-16-12-21(29)25(2)10-9-19-18-7-5-17(28)11-15(18)3-6-20(19)23(16)25/h5,7,11,13,16,19-20,23,28H,3-4,6,8-10,12H2,1-2H3,(H,26,27,30)/t16?,19?,20?,23?,25-/m1/s1. The van der Waals surface area contributed by atoms with Crippen molar-refractivity contribution in [2.45, 2.75) is 64.7 Å². The number of hydrogen-bond acceptors (Lipinski definition) is 5. The molecule has 1 heterocycles. The van der Waals surface area contributed by atoms with Gasteiger partial charge in [0.05, 0.1) is 0 Å². The van der Waals surface area contributed by atoms with Crippen LogP contribution in [0.25, 0.3) is 0 Å². The van der Waals surface area contributed by atoms with E-state index < -0.39 is 0 Å². The molecule has 3 aliphatic rings. The lowest BCUT2D eigenvalue weighted by Crippen LogP contribution is -2.44. The number of anilines is 1. The number of hydrogen-bond donors (Lipinski definition) is 2. The summed E-state index contributed by atoms with van der Waals surface area (Å²) < 4.78 is 0. The third kappa shape index (κ3) is 3.59. The fraction of sp³-hybridized carbons (Fsp3) is 0.560. The molecule has 2 fully saturated rings. The smallest absolute Gasteiger partial charge is 0.226 e. The lowest BCUT2D eigenvalue weighted by atomic mass is 9.54. The second-order valence-corrected chi connectivity index (χ2v) is 11.2. The Hall–Kier alpha value is -2.21. The maximum Gasteiger partial charge on any atom is 0.226 e. The highest BCUT2D eigenvalue weighted by Gasteiger charge is 2.58. The molecule has 5 atom stereocenters. The van der Waals surface area contributed by atoms with Crippen LogP contribution in [0.5, 0.6) is 5.75 Å². The minimum Gasteiger partial charge on any atom is -0.508 e. The van der Waals surface area contributed by atoms with Crippen molar-refractivity contribution < 1.29 is 14.7 Å². The highest BCUT2D eigenvalue weighted by Crippen LogP contribution is 2.62. The van der Waals surface area contributed by atoms with E-state index in [1.807, 2.05) is 13.0 Å². The quantitative estimate of drug-likeness (QED) is 0.685. The molecule has 31 heavy (non-hydrogen) atoms. The summed E-state index contributed by atoms with van der Waals surface area (Å²) in [7, 11) is 0. The van der Waals surface area contributed by atoms with E-state index in [0.29, 0.717) is 47.3 Å². The summed E-state index contributed by atoms with van der Waals surface area (Å²) in [4.78, 5) is 30.9. The van der Waals surface area contributed by atoms with Gasteiger partial charge in [0.25, 0.3) is 0 Å². The van der Waals surface area contributed by atoms with Crippen LogP contribution in [0, 0.1) is 30.1 Å². The number of fused-ring (bicyclic) bond motifs is 5. The van der Waals surface area contributed by atoms with Crippen LogP contribution >= 0.6 is 11.3 Å². The number of nitrogens with one attached hydrogen (secondary N) is 1. The van der Waals surface area contributed by atoms with Crippen LogP contribution in [0.4, 0.5) is 5.13 Å². The van der Waals surface area contributed by atoms with Crippen LogP contribution in [0.1, 0.15) is 67.4 Å². The minimum absolute atomic E-state index is 0.00720. The van der Waals surface area contributed by atoms with Crippen molar-refractivity contribution in [3.8, 4) is 5.75 Å². The lowest BCUT2D eigenvalue weighted by molar-refractivity contribution is -0.129. The molecule has 0 aliphatic heterocycles.